The van der Waals surface area contributed by atoms with E-state index in [2.05, 4.69) is 4.74 Å². The van der Waals surface area contributed by atoms with E-state index in [0.29, 0.717) is 6.07 Å². The number of halogens is 3. The fourth-order valence-corrected chi connectivity index (χ4v) is 0.732. The van der Waals surface area contributed by atoms with Crippen molar-refractivity contribution in [1.82, 2.24) is 0 Å². The molecule has 0 fully saturated rings. The Balaban J connectivity index is 3.14. The third kappa shape index (κ3) is 1.52. The van der Waals surface area contributed by atoms with Crippen LogP contribution >= 0.6 is 0 Å². The second kappa shape index (κ2) is 3.47. The summed E-state index contributed by atoms with van der Waals surface area (Å²) in [5.74, 6) is -4.21. The highest BCUT2D eigenvalue weighted by Gasteiger charge is 2.14. The van der Waals surface area contributed by atoms with E-state index in [0.717, 1.165) is 0 Å². The number of rotatable bonds is 2. The first-order chi connectivity index (χ1) is 5.66. The lowest BCUT2D eigenvalue weighted by Gasteiger charge is -2.04. The molecular weight excluding hydrogens is 169 g/mol. The Labute approximate surface area is 67.8 Å². The van der Waals surface area contributed by atoms with Crippen LogP contribution in [0.2, 0.25) is 0 Å². The molecule has 0 amide bonds. The van der Waals surface area contributed by atoms with Crippen molar-refractivity contribution in [3.63, 3.8) is 0 Å². The molecule has 0 aliphatic carbocycles. The van der Waals surface area contributed by atoms with Gasteiger partial charge in [0.2, 0.25) is 5.82 Å². The molecule has 0 unspecified atom stereocenters. The van der Waals surface area contributed by atoms with Crippen molar-refractivity contribution in [1.29, 1.82) is 0 Å². The third-order valence-electron chi connectivity index (χ3n) is 1.22. The Morgan fingerprint density at radius 2 is 2.08 bits per heavy atom. The molecule has 0 aromatic heterocycles. The fourth-order valence-electron chi connectivity index (χ4n) is 0.732. The van der Waals surface area contributed by atoms with Crippen molar-refractivity contribution in [3.8, 4) is 5.75 Å². The van der Waals surface area contributed by atoms with Crippen LogP contribution in [0.15, 0.2) is 6.07 Å². The van der Waals surface area contributed by atoms with Crippen molar-refractivity contribution < 1.29 is 17.9 Å². The summed E-state index contributed by atoms with van der Waals surface area (Å²) in [7, 11) is 0. The topological polar surface area (TPSA) is 9.23 Å². The van der Waals surface area contributed by atoms with Gasteiger partial charge in [0, 0.05) is 6.07 Å². The average Bonchev–Trinajstić information content (AvgIpc) is 2.06. The van der Waals surface area contributed by atoms with E-state index in [1.54, 1.807) is 6.92 Å². The van der Waals surface area contributed by atoms with E-state index in [4.69, 9.17) is 0 Å². The molecule has 0 heterocycles. The summed E-state index contributed by atoms with van der Waals surface area (Å²) >= 11 is 0. The summed E-state index contributed by atoms with van der Waals surface area (Å²) in [6.07, 6.45) is 0. The molecule has 1 rings (SSSR count). The number of hydrogen-bond donors (Lipinski definition) is 0. The minimum atomic E-state index is -1.31. The molecule has 1 radical (unpaired) electrons. The average molecular weight is 175 g/mol. The largest absolute Gasteiger partial charge is 0.488 e. The van der Waals surface area contributed by atoms with Crippen LogP contribution in [0.1, 0.15) is 6.92 Å². The highest BCUT2D eigenvalue weighted by atomic mass is 19.2. The standard InChI is InChI=1S/C8H6F3O/c1-2-12-8-6(10)4-3-5(9)7(8)11/h3H,2H2,1H3. The van der Waals surface area contributed by atoms with Gasteiger partial charge in [-0.25, -0.2) is 8.78 Å². The predicted octanol–water partition coefficient (Wildman–Crippen LogP) is 2.30. The van der Waals surface area contributed by atoms with Gasteiger partial charge in [0.25, 0.3) is 0 Å². The van der Waals surface area contributed by atoms with Gasteiger partial charge in [-0.1, -0.05) is 0 Å². The van der Waals surface area contributed by atoms with Crippen molar-refractivity contribution in [2.45, 2.75) is 6.92 Å². The molecule has 1 aromatic carbocycles. The Kier molecular flexibility index (Phi) is 2.58. The first-order valence-electron chi connectivity index (χ1n) is 3.34. The van der Waals surface area contributed by atoms with Gasteiger partial charge in [-0.05, 0) is 13.0 Å². The van der Waals surface area contributed by atoms with Crippen LogP contribution in [-0.4, -0.2) is 6.61 Å². The van der Waals surface area contributed by atoms with Crippen molar-refractivity contribution in [2.75, 3.05) is 6.61 Å². The molecular formula is C8H6F3O. The molecule has 1 aromatic rings. The van der Waals surface area contributed by atoms with E-state index in [1.807, 2.05) is 6.07 Å². The Morgan fingerprint density at radius 3 is 2.67 bits per heavy atom. The van der Waals surface area contributed by atoms with Crippen LogP contribution in [0.4, 0.5) is 13.2 Å². The van der Waals surface area contributed by atoms with Gasteiger partial charge in [0.15, 0.2) is 17.4 Å². The van der Waals surface area contributed by atoms with Gasteiger partial charge in [-0.2, -0.15) is 4.39 Å². The number of benzene rings is 1. The molecule has 0 saturated carbocycles. The van der Waals surface area contributed by atoms with Crippen LogP contribution in [0.5, 0.6) is 5.75 Å². The van der Waals surface area contributed by atoms with Gasteiger partial charge < -0.3 is 4.74 Å². The normalized spacial score (nSPS) is 10.0. The minimum Gasteiger partial charge on any atom is -0.488 e. The Hall–Kier alpha value is -1.19. The van der Waals surface area contributed by atoms with Gasteiger partial charge in [0.1, 0.15) is 0 Å². The first kappa shape index (κ1) is 8.90. The lowest BCUT2D eigenvalue weighted by Crippen LogP contribution is -1.99. The smallest absolute Gasteiger partial charge is 0.203 e. The van der Waals surface area contributed by atoms with E-state index in [9.17, 15) is 13.2 Å². The zero-order chi connectivity index (χ0) is 9.14. The van der Waals surface area contributed by atoms with Crippen LogP contribution in [0, 0.1) is 23.5 Å². The van der Waals surface area contributed by atoms with Crippen LogP contribution in [0.25, 0.3) is 0 Å². The summed E-state index contributed by atoms with van der Waals surface area (Å²) in [4.78, 5) is 0. The van der Waals surface area contributed by atoms with Crippen molar-refractivity contribution in [2.24, 2.45) is 0 Å². The molecule has 1 nitrogen and oxygen atoms in total. The molecule has 0 aliphatic heterocycles. The molecule has 65 valence electrons. The maximum Gasteiger partial charge on any atom is 0.203 e. The monoisotopic (exact) mass is 175 g/mol. The molecule has 0 N–H and O–H groups in total. The fraction of sp³-hybridized carbons (Fsp3) is 0.250. The maximum atomic E-state index is 12.7. The Morgan fingerprint density at radius 1 is 1.42 bits per heavy atom. The van der Waals surface area contributed by atoms with E-state index in [1.165, 1.54) is 0 Å². The highest BCUT2D eigenvalue weighted by molar-refractivity contribution is 5.26. The first-order valence-corrected chi connectivity index (χ1v) is 3.34. The van der Waals surface area contributed by atoms with Crippen LogP contribution in [-0.2, 0) is 0 Å². The zero-order valence-electron chi connectivity index (χ0n) is 6.33. The summed E-state index contributed by atoms with van der Waals surface area (Å²) in [5.41, 5.74) is 0. The van der Waals surface area contributed by atoms with Crippen molar-refractivity contribution in [3.05, 3.63) is 29.6 Å². The third-order valence-corrected chi connectivity index (χ3v) is 1.22. The summed E-state index contributed by atoms with van der Waals surface area (Å²) in [5, 5.41) is 0. The number of ether oxygens (including phenoxy) is 1. The minimum absolute atomic E-state index is 0.0745. The highest BCUT2D eigenvalue weighted by Crippen LogP contribution is 2.22. The molecule has 12 heavy (non-hydrogen) atoms. The number of hydrogen-bond acceptors (Lipinski definition) is 1. The van der Waals surface area contributed by atoms with E-state index < -0.39 is 23.2 Å². The Bertz CT molecular complexity index is 286. The lowest BCUT2D eigenvalue weighted by molar-refractivity contribution is 0.295. The van der Waals surface area contributed by atoms with Crippen LogP contribution in [0.3, 0.4) is 0 Å². The summed E-state index contributed by atoms with van der Waals surface area (Å²) in [6, 6.07) is 2.48. The molecule has 0 atom stereocenters. The second-order valence-corrected chi connectivity index (χ2v) is 2.03. The molecule has 0 aliphatic rings. The molecule has 0 saturated heterocycles. The van der Waals surface area contributed by atoms with E-state index in [-0.39, 0.29) is 6.61 Å². The molecule has 4 heteroatoms. The quantitative estimate of drug-likeness (QED) is 0.626. The zero-order valence-corrected chi connectivity index (χ0v) is 6.33. The van der Waals surface area contributed by atoms with Gasteiger partial charge in [-0.15, -0.1) is 0 Å². The summed E-state index contributed by atoms with van der Waals surface area (Å²) in [6.45, 7) is 1.62. The van der Waals surface area contributed by atoms with Gasteiger partial charge in [0.05, 0.1) is 6.61 Å². The van der Waals surface area contributed by atoms with Crippen molar-refractivity contribution >= 4 is 0 Å². The summed E-state index contributed by atoms with van der Waals surface area (Å²) < 4.78 is 42.3. The molecule has 0 spiro atoms. The van der Waals surface area contributed by atoms with Crippen LogP contribution < -0.4 is 4.74 Å². The van der Waals surface area contributed by atoms with Gasteiger partial charge >= 0.3 is 0 Å². The SMILES string of the molecule is CCOc1c(F)[c]cc(F)c1F. The van der Waals surface area contributed by atoms with Gasteiger partial charge in [-0.3, -0.25) is 0 Å². The second-order valence-electron chi connectivity index (χ2n) is 2.03. The molecule has 0 bridgehead atoms. The maximum absolute atomic E-state index is 12.7. The predicted molar refractivity (Wildman–Crippen MR) is 36.3 cm³/mol. The van der Waals surface area contributed by atoms with E-state index >= 15 is 0 Å². The lowest BCUT2D eigenvalue weighted by atomic mass is 10.3.